The van der Waals surface area contributed by atoms with Crippen LogP contribution >= 0.6 is 11.3 Å². The van der Waals surface area contributed by atoms with Crippen molar-refractivity contribution in [1.29, 1.82) is 0 Å². The van der Waals surface area contributed by atoms with Gasteiger partial charge >= 0.3 is 5.97 Å². The molecule has 3 aromatic rings. The lowest BCUT2D eigenvalue weighted by Crippen LogP contribution is -2.23. The molecule has 3 rings (SSSR count). The van der Waals surface area contributed by atoms with Crippen LogP contribution < -0.4 is 20.6 Å². The van der Waals surface area contributed by atoms with E-state index in [2.05, 4.69) is 10.1 Å². The summed E-state index contributed by atoms with van der Waals surface area (Å²) in [6.07, 6.45) is 0. The second-order valence-electron chi connectivity index (χ2n) is 5.33. The highest BCUT2D eigenvalue weighted by Crippen LogP contribution is 2.34. The summed E-state index contributed by atoms with van der Waals surface area (Å²) in [6.45, 7) is 4.99. The molecule has 0 aliphatic heterocycles. The topological polar surface area (TPSA) is 99.9 Å². The van der Waals surface area contributed by atoms with Gasteiger partial charge in [0.25, 0.3) is 11.1 Å². The number of nitrogens with zero attached hydrogens (tertiary/aromatic N) is 3. The molecular weight excluding hydrogens is 358 g/mol. The predicted molar refractivity (Wildman–Crippen MR) is 96.1 cm³/mol. The van der Waals surface area contributed by atoms with Crippen molar-refractivity contribution in [1.82, 2.24) is 14.6 Å². The molecule has 0 bridgehead atoms. The summed E-state index contributed by atoms with van der Waals surface area (Å²) in [5.74, 6) is 0.217. The lowest BCUT2D eigenvalue weighted by atomic mass is 10.1. The van der Waals surface area contributed by atoms with Gasteiger partial charge in [0.2, 0.25) is 4.96 Å². The van der Waals surface area contributed by atoms with Crippen LogP contribution in [0.1, 0.15) is 19.5 Å². The summed E-state index contributed by atoms with van der Waals surface area (Å²) in [4.78, 5) is 39.9. The maximum Gasteiger partial charge on any atom is 0.308 e. The minimum absolute atomic E-state index is 0.156. The number of benzene rings is 1. The van der Waals surface area contributed by atoms with Crippen LogP contribution in [-0.2, 0) is 4.79 Å². The van der Waals surface area contributed by atoms with Gasteiger partial charge in [0.05, 0.1) is 6.61 Å². The molecule has 0 atom stereocenters. The van der Waals surface area contributed by atoms with Gasteiger partial charge in [0, 0.05) is 17.9 Å². The Balaban J connectivity index is 2.15. The van der Waals surface area contributed by atoms with Gasteiger partial charge in [-0.05, 0) is 37.6 Å². The van der Waals surface area contributed by atoms with Crippen LogP contribution in [0.15, 0.2) is 33.9 Å². The van der Waals surface area contributed by atoms with Crippen LogP contribution in [0.5, 0.6) is 11.5 Å². The number of rotatable bonds is 4. The molecule has 1 aromatic carbocycles. The van der Waals surface area contributed by atoms with Crippen LogP contribution in [0, 0.1) is 6.92 Å². The van der Waals surface area contributed by atoms with E-state index < -0.39 is 17.1 Å². The molecule has 0 N–H and O–H groups in total. The van der Waals surface area contributed by atoms with E-state index in [-0.39, 0.29) is 10.7 Å². The van der Waals surface area contributed by atoms with Gasteiger partial charge in [-0.1, -0.05) is 11.3 Å². The van der Waals surface area contributed by atoms with Crippen LogP contribution in [-0.4, -0.2) is 27.2 Å². The average Bonchev–Trinajstić information content (AvgIpc) is 2.58. The molecule has 0 amide bonds. The Morgan fingerprint density at radius 1 is 1.23 bits per heavy atom. The SMILES string of the molecule is CCOc1cc(-c2cc(=O)n3nc(C)c(=O)nc3s2)ccc1OC(C)=O. The first-order chi connectivity index (χ1) is 12.4. The van der Waals surface area contributed by atoms with Crippen LogP contribution in [0.25, 0.3) is 15.4 Å². The summed E-state index contributed by atoms with van der Waals surface area (Å²) in [6, 6.07) is 6.37. The van der Waals surface area contributed by atoms with Crippen molar-refractivity contribution in [2.24, 2.45) is 0 Å². The van der Waals surface area contributed by atoms with Crippen molar-refractivity contribution in [3.05, 3.63) is 50.7 Å². The third kappa shape index (κ3) is 3.47. The molecule has 2 aromatic heterocycles. The first kappa shape index (κ1) is 17.7. The van der Waals surface area contributed by atoms with Crippen molar-refractivity contribution < 1.29 is 14.3 Å². The summed E-state index contributed by atoms with van der Waals surface area (Å²) < 4.78 is 11.7. The van der Waals surface area contributed by atoms with E-state index >= 15 is 0 Å². The number of aromatic nitrogens is 3. The van der Waals surface area contributed by atoms with E-state index in [0.717, 1.165) is 15.9 Å². The summed E-state index contributed by atoms with van der Waals surface area (Å²) in [7, 11) is 0. The molecule has 0 unspecified atom stereocenters. The maximum atomic E-state index is 12.3. The molecule has 0 fully saturated rings. The van der Waals surface area contributed by atoms with Gasteiger partial charge in [0.1, 0.15) is 5.69 Å². The van der Waals surface area contributed by atoms with Crippen molar-refractivity contribution in [2.75, 3.05) is 6.61 Å². The zero-order valence-electron chi connectivity index (χ0n) is 14.3. The van der Waals surface area contributed by atoms with Gasteiger partial charge < -0.3 is 9.47 Å². The molecule has 9 heteroatoms. The molecule has 2 heterocycles. The van der Waals surface area contributed by atoms with Gasteiger partial charge in [-0.15, -0.1) is 0 Å². The molecule has 0 saturated heterocycles. The van der Waals surface area contributed by atoms with Gasteiger partial charge in [-0.3, -0.25) is 14.4 Å². The second kappa shape index (κ2) is 7.04. The number of fused-ring (bicyclic) bond motifs is 1. The molecule has 26 heavy (non-hydrogen) atoms. The monoisotopic (exact) mass is 373 g/mol. The summed E-state index contributed by atoms with van der Waals surface area (Å²) in [5, 5.41) is 3.96. The minimum atomic E-state index is -0.474. The number of carbonyl (C=O) groups is 1. The van der Waals surface area contributed by atoms with E-state index in [1.54, 1.807) is 18.2 Å². The Labute approximate surface area is 151 Å². The van der Waals surface area contributed by atoms with E-state index in [1.807, 2.05) is 6.92 Å². The van der Waals surface area contributed by atoms with Crippen LogP contribution in [0.3, 0.4) is 0 Å². The molecule has 0 saturated carbocycles. The third-order valence-electron chi connectivity index (χ3n) is 3.38. The highest BCUT2D eigenvalue weighted by atomic mass is 32.1. The van der Waals surface area contributed by atoms with E-state index in [1.165, 1.54) is 19.9 Å². The van der Waals surface area contributed by atoms with Crippen molar-refractivity contribution in [2.45, 2.75) is 20.8 Å². The molecule has 0 aliphatic rings. The number of hydrogen-bond acceptors (Lipinski definition) is 8. The third-order valence-corrected chi connectivity index (χ3v) is 4.40. The normalized spacial score (nSPS) is 10.7. The smallest absolute Gasteiger partial charge is 0.308 e. The summed E-state index contributed by atoms with van der Waals surface area (Å²) in [5.41, 5.74) is -0.0444. The van der Waals surface area contributed by atoms with Gasteiger partial charge in [-0.25, -0.2) is 0 Å². The fourth-order valence-electron chi connectivity index (χ4n) is 2.27. The fourth-order valence-corrected chi connectivity index (χ4v) is 3.22. The Kier molecular flexibility index (Phi) is 4.81. The van der Waals surface area contributed by atoms with Gasteiger partial charge in [0.15, 0.2) is 11.5 Å². The standard InChI is InChI=1S/C17H15N3O5S/c1-4-24-13-7-11(5-6-12(13)25-10(3)21)14-8-15(22)20-17(26-14)18-16(23)9(2)19-20/h5-8H,4H2,1-3H3. The number of ether oxygens (including phenoxy) is 2. The number of aryl methyl sites for hydroxylation is 1. The maximum absolute atomic E-state index is 12.3. The number of esters is 1. The first-order valence-corrected chi connectivity index (χ1v) is 8.58. The first-order valence-electron chi connectivity index (χ1n) is 7.76. The zero-order chi connectivity index (χ0) is 18.8. The number of carbonyl (C=O) groups excluding carboxylic acids is 1. The molecular formula is C17H15N3O5S. The van der Waals surface area contributed by atoms with Crippen molar-refractivity contribution in [3.63, 3.8) is 0 Å². The Morgan fingerprint density at radius 2 is 2.00 bits per heavy atom. The van der Waals surface area contributed by atoms with Crippen LogP contribution in [0.4, 0.5) is 0 Å². The molecule has 8 nitrogen and oxygen atoms in total. The fraction of sp³-hybridized carbons (Fsp3) is 0.235. The van der Waals surface area contributed by atoms with Crippen molar-refractivity contribution in [3.8, 4) is 21.9 Å². The highest BCUT2D eigenvalue weighted by molar-refractivity contribution is 7.19. The Hall–Kier alpha value is -3.07. The number of hydrogen-bond donors (Lipinski definition) is 0. The van der Waals surface area contributed by atoms with Crippen LogP contribution in [0.2, 0.25) is 0 Å². The highest BCUT2D eigenvalue weighted by Gasteiger charge is 2.13. The molecule has 0 aliphatic carbocycles. The second-order valence-corrected chi connectivity index (χ2v) is 6.34. The lowest BCUT2D eigenvalue weighted by molar-refractivity contribution is -0.132. The van der Waals surface area contributed by atoms with Crippen molar-refractivity contribution >= 4 is 22.3 Å². The minimum Gasteiger partial charge on any atom is -0.490 e. The molecule has 0 spiro atoms. The lowest BCUT2D eigenvalue weighted by Gasteiger charge is -2.11. The summed E-state index contributed by atoms with van der Waals surface area (Å²) >= 11 is 1.15. The van der Waals surface area contributed by atoms with E-state index in [0.29, 0.717) is 28.5 Å². The largest absolute Gasteiger partial charge is 0.490 e. The quantitative estimate of drug-likeness (QED) is 0.508. The van der Waals surface area contributed by atoms with Gasteiger partial charge in [-0.2, -0.15) is 14.6 Å². The van der Waals surface area contributed by atoms with E-state index in [4.69, 9.17) is 9.47 Å². The molecule has 134 valence electrons. The van der Waals surface area contributed by atoms with E-state index in [9.17, 15) is 14.4 Å². The Bertz CT molecular complexity index is 1120. The average molecular weight is 373 g/mol. The molecule has 0 radical (unpaired) electrons. The Morgan fingerprint density at radius 3 is 2.69 bits per heavy atom. The predicted octanol–water partition coefficient (Wildman–Crippen LogP) is 1.81. The zero-order valence-corrected chi connectivity index (χ0v) is 15.1.